The van der Waals surface area contributed by atoms with Crippen LogP contribution in [-0.4, -0.2) is 38.9 Å². The molecule has 7 heteroatoms. The van der Waals surface area contributed by atoms with E-state index in [0.29, 0.717) is 31.4 Å². The van der Waals surface area contributed by atoms with Crippen molar-refractivity contribution < 1.29 is 24.5 Å². The van der Waals surface area contributed by atoms with Crippen molar-refractivity contribution in [1.29, 1.82) is 0 Å². The normalized spacial score (nSPS) is 20.3. The molecule has 192 valence electrons. The smallest absolute Gasteiger partial charge is 0.313 e. The second-order valence-electron chi connectivity index (χ2n) is 10.7. The van der Waals surface area contributed by atoms with Gasteiger partial charge in [0.15, 0.2) is 6.79 Å². The predicted octanol–water partition coefficient (Wildman–Crippen LogP) is 5.03. The number of carbonyl (C=O) groups is 1. The highest BCUT2D eigenvalue weighted by Crippen LogP contribution is 2.39. The van der Waals surface area contributed by atoms with Gasteiger partial charge in [-0.3, -0.25) is 4.79 Å². The van der Waals surface area contributed by atoms with Gasteiger partial charge in [0.05, 0.1) is 35.2 Å². The fraction of sp³-hybridized carbons (Fsp3) is 0.448. The standard InChI is InChI=1S/C29H36N2O5/c1-20-5-9-22(10-6-20)25-17-26(30-31(25)23-11-7-21(18-32)8-12-23)29(34)15-13-24(14-16-29)35-19-36-27(33)28(2,3)4/h5-12,17,24,32,34H,13-16,18-19H2,1-4H3. The number of benzene rings is 2. The van der Waals surface area contributed by atoms with Crippen LogP contribution >= 0.6 is 0 Å². The van der Waals surface area contributed by atoms with Gasteiger partial charge in [0.25, 0.3) is 0 Å². The lowest BCUT2D eigenvalue weighted by Crippen LogP contribution is -2.35. The minimum absolute atomic E-state index is 0.0200. The Morgan fingerprint density at radius 3 is 2.31 bits per heavy atom. The molecule has 0 unspecified atom stereocenters. The van der Waals surface area contributed by atoms with E-state index in [0.717, 1.165) is 22.5 Å². The number of carbonyl (C=O) groups excluding carboxylic acids is 1. The van der Waals surface area contributed by atoms with Crippen LogP contribution in [0.15, 0.2) is 54.6 Å². The van der Waals surface area contributed by atoms with E-state index in [1.165, 1.54) is 5.56 Å². The summed E-state index contributed by atoms with van der Waals surface area (Å²) in [4.78, 5) is 12.0. The first-order chi connectivity index (χ1) is 17.1. The highest BCUT2D eigenvalue weighted by atomic mass is 16.7. The Morgan fingerprint density at radius 1 is 1.08 bits per heavy atom. The summed E-state index contributed by atoms with van der Waals surface area (Å²) in [5.41, 5.74) is 3.74. The van der Waals surface area contributed by atoms with E-state index in [2.05, 4.69) is 24.3 Å². The van der Waals surface area contributed by atoms with Gasteiger partial charge in [-0.1, -0.05) is 42.0 Å². The van der Waals surface area contributed by atoms with Crippen molar-refractivity contribution in [3.63, 3.8) is 0 Å². The Morgan fingerprint density at radius 2 is 1.72 bits per heavy atom. The zero-order valence-corrected chi connectivity index (χ0v) is 21.5. The van der Waals surface area contributed by atoms with Gasteiger partial charge in [-0.2, -0.15) is 5.10 Å². The van der Waals surface area contributed by atoms with E-state index < -0.39 is 11.0 Å². The van der Waals surface area contributed by atoms with Crippen LogP contribution in [0.5, 0.6) is 0 Å². The summed E-state index contributed by atoms with van der Waals surface area (Å²) in [6, 6.07) is 17.8. The van der Waals surface area contributed by atoms with Crippen LogP contribution in [-0.2, 0) is 26.5 Å². The molecule has 1 aromatic heterocycles. The average Bonchev–Trinajstić information content (AvgIpc) is 3.31. The molecule has 2 N–H and O–H groups in total. The van der Waals surface area contributed by atoms with Crippen molar-refractivity contribution in [2.24, 2.45) is 5.41 Å². The largest absolute Gasteiger partial charge is 0.438 e. The topological polar surface area (TPSA) is 93.8 Å². The molecule has 0 bridgehead atoms. The van der Waals surface area contributed by atoms with Crippen LogP contribution in [0.2, 0.25) is 0 Å². The van der Waals surface area contributed by atoms with Crippen LogP contribution in [0.25, 0.3) is 16.9 Å². The summed E-state index contributed by atoms with van der Waals surface area (Å²) in [5.74, 6) is -0.295. The van der Waals surface area contributed by atoms with Crippen molar-refractivity contribution >= 4 is 5.97 Å². The van der Waals surface area contributed by atoms with Gasteiger partial charge < -0.3 is 19.7 Å². The number of nitrogens with zero attached hydrogens (tertiary/aromatic N) is 2. The molecule has 2 aromatic carbocycles. The molecule has 0 amide bonds. The lowest BCUT2D eigenvalue weighted by Gasteiger charge is -2.34. The minimum atomic E-state index is -1.07. The van der Waals surface area contributed by atoms with Gasteiger partial charge in [-0.05, 0) is 77.1 Å². The van der Waals surface area contributed by atoms with E-state index in [1.807, 2.05) is 41.9 Å². The zero-order valence-electron chi connectivity index (χ0n) is 21.5. The lowest BCUT2D eigenvalue weighted by molar-refractivity contribution is -0.174. The number of esters is 1. The van der Waals surface area contributed by atoms with Crippen molar-refractivity contribution in [2.45, 2.75) is 71.7 Å². The average molecular weight is 493 g/mol. The fourth-order valence-corrected chi connectivity index (χ4v) is 4.37. The van der Waals surface area contributed by atoms with Crippen molar-refractivity contribution in [2.75, 3.05) is 6.79 Å². The summed E-state index contributed by atoms with van der Waals surface area (Å²) in [5, 5.41) is 25.9. The van der Waals surface area contributed by atoms with Crippen LogP contribution in [0.4, 0.5) is 0 Å². The maximum Gasteiger partial charge on any atom is 0.313 e. The van der Waals surface area contributed by atoms with E-state index in [1.54, 1.807) is 20.8 Å². The molecule has 0 spiro atoms. The number of ether oxygens (including phenoxy) is 2. The molecule has 1 aliphatic carbocycles. The van der Waals surface area contributed by atoms with E-state index >= 15 is 0 Å². The summed E-state index contributed by atoms with van der Waals surface area (Å²) < 4.78 is 12.9. The highest BCUT2D eigenvalue weighted by Gasteiger charge is 2.38. The van der Waals surface area contributed by atoms with E-state index in [9.17, 15) is 15.0 Å². The fourth-order valence-electron chi connectivity index (χ4n) is 4.37. The number of aryl methyl sites for hydroxylation is 1. The lowest BCUT2D eigenvalue weighted by atomic mass is 9.81. The SMILES string of the molecule is Cc1ccc(-c2cc(C3(O)CCC(OCOC(=O)C(C)(C)C)CC3)nn2-c2ccc(CO)cc2)cc1. The molecule has 1 heterocycles. The van der Waals surface area contributed by atoms with Crippen molar-refractivity contribution in [3.05, 3.63) is 71.4 Å². The van der Waals surface area contributed by atoms with Crippen LogP contribution in [0.1, 0.15) is 63.3 Å². The summed E-state index contributed by atoms with van der Waals surface area (Å²) >= 11 is 0. The monoisotopic (exact) mass is 492 g/mol. The van der Waals surface area contributed by atoms with E-state index in [-0.39, 0.29) is 25.5 Å². The third-order valence-corrected chi connectivity index (χ3v) is 6.76. The van der Waals surface area contributed by atoms with Gasteiger partial charge in [0.2, 0.25) is 0 Å². The molecule has 3 aromatic rings. The van der Waals surface area contributed by atoms with Crippen LogP contribution < -0.4 is 0 Å². The predicted molar refractivity (Wildman–Crippen MR) is 137 cm³/mol. The zero-order chi connectivity index (χ0) is 25.9. The van der Waals surface area contributed by atoms with Gasteiger partial charge in [-0.25, -0.2) is 4.68 Å². The van der Waals surface area contributed by atoms with E-state index in [4.69, 9.17) is 14.6 Å². The molecular formula is C29H36N2O5. The van der Waals surface area contributed by atoms with Gasteiger partial charge in [-0.15, -0.1) is 0 Å². The Hall–Kier alpha value is -3.00. The quantitative estimate of drug-likeness (QED) is 0.355. The van der Waals surface area contributed by atoms with Crippen molar-refractivity contribution in [3.8, 4) is 16.9 Å². The molecular weight excluding hydrogens is 456 g/mol. The molecule has 36 heavy (non-hydrogen) atoms. The summed E-state index contributed by atoms with van der Waals surface area (Å²) in [7, 11) is 0. The number of aliphatic hydroxyl groups is 2. The molecule has 0 radical (unpaired) electrons. The number of rotatable bonds is 7. The number of hydrogen-bond donors (Lipinski definition) is 2. The third kappa shape index (κ3) is 5.86. The van der Waals surface area contributed by atoms with Crippen molar-refractivity contribution in [1.82, 2.24) is 9.78 Å². The molecule has 4 rings (SSSR count). The maximum atomic E-state index is 12.0. The maximum absolute atomic E-state index is 12.0. The Kier molecular flexibility index (Phi) is 7.64. The number of aliphatic hydroxyl groups excluding tert-OH is 1. The highest BCUT2D eigenvalue weighted by molar-refractivity contribution is 5.75. The number of aromatic nitrogens is 2. The van der Waals surface area contributed by atoms with Gasteiger partial charge >= 0.3 is 5.97 Å². The molecule has 0 saturated heterocycles. The Balaban J connectivity index is 1.52. The van der Waals surface area contributed by atoms with Crippen LogP contribution in [0.3, 0.4) is 0 Å². The Labute approximate surface area is 212 Å². The first kappa shape index (κ1) is 26.1. The third-order valence-electron chi connectivity index (χ3n) is 6.76. The molecule has 0 atom stereocenters. The number of hydrogen-bond acceptors (Lipinski definition) is 6. The van der Waals surface area contributed by atoms with Gasteiger partial charge in [0.1, 0.15) is 5.60 Å². The summed E-state index contributed by atoms with van der Waals surface area (Å²) in [6.45, 7) is 7.37. The molecule has 1 saturated carbocycles. The molecule has 1 aliphatic rings. The Bertz CT molecular complexity index is 1170. The molecule has 7 nitrogen and oxygen atoms in total. The van der Waals surface area contributed by atoms with Gasteiger partial charge in [0, 0.05) is 5.56 Å². The molecule has 0 aliphatic heterocycles. The first-order valence-electron chi connectivity index (χ1n) is 12.5. The second kappa shape index (κ2) is 10.5. The minimum Gasteiger partial charge on any atom is -0.438 e. The summed E-state index contributed by atoms with van der Waals surface area (Å²) in [6.07, 6.45) is 2.20. The molecule has 1 fully saturated rings. The first-order valence-corrected chi connectivity index (χ1v) is 12.5. The second-order valence-corrected chi connectivity index (χ2v) is 10.7. The van der Waals surface area contributed by atoms with Crippen LogP contribution in [0, 0.1) is 12.3 Å².